The van der Waals surface area contributed by atoms with Crippen LogP contribution in [0.2, 0.25) is 0 Å². The van der Waals surface area contributed by atoms with Crippen molar-refractivity contribution in [3.05, 3.63) is 48.0 Å². The third-order valence-electron chi connectivity index (χ3n) is 2.95. The Kier molecular flexibility index (Phi) is 5.08. The van der Waals surface area contributed by atoms with Crippen molar-refractivity contribution in [1.29, 1.82) is 0 Å². The molecule has 0 saturated heterocycles. The van der Waals surface area contributed by atoms with E-state index in [4.69, 9.17) is 15.3 Å². The fourth-order valence-electron chi connectivity index (χ4n) is 2.10. The van der Waals surface area contributed by atoms with Crippen LogP contribution < -0.4 is 20.7 Å². The molecule has 2 heterocycles. The number of hydrazine groups is 1. The highest BCUT2D eigenvalue weighted by molar-refractivity contribution is 5.40. The van der Waals surface area contributed by atoms with Crippen LogP contribution in [0.25, 0.3) is 0 Å². The highest BCUT2D eigenvalue weighted by Crippen LogP contribution is 2.29. The molecule has 0 radical (unpaired) electrons. The third kappa shape index (κ3) is 3.68. The molecule has 0 fully saturated rings. The normalized spacial score (nSPS) is 12.2. The summed E-state index contributed by atoms with van der Waals surface area (Å²) in [5, 5.41) is 0. The largest absolute Gasteiger partial charge is 0.495 e. The summed E-state index contributed by atoms with van der Waals surface area (Å²) in [6.45, 7) is 3.94. The summed E-state index contributed by atoms with van der Waals surface area (Å²) in [6.07, 6.45) is 6.87. The van der Waals surface area contributed by atoms with Gasteiger partial charge in [0, 0.05) is 18.0 Å². The van der Waals surface area contributed by atoms with Gasteiger partial charge >= 0.3 is 0 Å². The van der Waals surface area contributed by atoms with Crippen molar-refractivity contribution >= 4 is 0 Å². The molecule has 0 spiro atoms. The van der Waals surface area contributed by atoms with Gasteiger partial charge in [-0.1, -0.05) is 0 Å². The van der Waals surface area contributed by atoms with Gasteiger partial charge in [-0.25, -0.2) is 5.43 Å². The summed E-state index contributed by atoms with van der Waals surface area (Å²) in [4.78, 5) is 8.26. The second-order valence-corrected chi connectivity index (χ2v) is 4.84. The quantitative estimate of drug-likeness (QED) is 0.623. The molecule has 0 aliphatic heterocycles. The lowest BCUT2D eigenvalue weighted by atomic mass is 10.0. The van der Waals surface area contributed by atoms with Crippen molar-refractivity contribution in [3.63, 3.8) is 0 Å². The van der Waals surface area contributed by atoms with E-state index in [1.165, 1.54) is 0 Å². The second kappa shape index (κ2) is 7.01. The number of aromatic nitrogens is 2. The summed E-state index contributed by atoms with van der Waals surface area (Å²) in [5.74, 6) is 7.08. The van der Waals surface area contributed by atoms with E-state index < -0.39 is 0 Å². The van der Waals surface area contributed by atoms with Crippen LogP contribution in [0.1, 0.15) is 31.0 Å². The zero-order valence-corrected chi connectivity index (χ0v) is 12.4. The van der Waals surface area contributed by atoms with E-state index in [9.17, 15) is 0 Å². The van der Waals surface area contributed by atoms with Crippen LogP contribution >= 0.6 is 0 Å². The molecule has 6 nitrogen and oxygen atoms in total. The average Bonchev–Trinajstić information content (AvgIpc) is 2.48. The molecule has 0 aliphatic carbocycles. The summed E-state index contributed by atoms with van der Waals surface area (Å²) >= 11 is 0. The molecule has 1 atom stereocenters. The molecule has 2 aromatic rings. The number of hydrogen-bond acceptors (Lipinski definition) is 6. The van der Waals surface area contributed by atoms with Crippen molar-refractivity contribution in [3.8, 4) is 11.5 Å². The van der Waals surface area contributed by atoms with E-state index in [-0.39, 0.29) is 12.1 Å². The van der Waals surface area contributed by atoms with Gasteiger partial charge in [-0.2, -0.15) is 0 Å². The van der Waals surface area contributed by atoms with Crippen molar-refractivity contribution in [2.45, 2.75) is 26.0 Å². The molecule has 6 heteroatoms. The summed E-state index contributed by atoms with van der Waals surface area (Å²) in [6, 6.07) is 3.52. The third-order valence-corrected chi connectivity index (χ3v) is 2.95. The van der Waals surface area contributed by atoms with Crippen LogP contribution in [0.3, 0.4) is 0 Å². The number of nitrogens with zero attached hydrogens (tertiary/aromatic N) is 2. The van der Waals surface area contributed by atoms with Gasteiger partial charge in [0.15, 0.2) is 0 Å². The minimum atomic E-state index is -0.258. The Bertz CT molecular complexity index is 589. The molecule has 0 bridgehead atoms. The van der Waals surface area contributed by atoms with Gasteiger partial charge in [0.1, 0.15) is 11.5 Å². The lowest BCUT2D eigenvalue weighted by Gasteiger charge is -2.19. The highest BCUT2D eigenvalue weighted by atomic mass is 16.5. The van der Waals surface area contributed by atoms with Gasteiger partial charge in [-0.3, -0.25) is 15.8 Å². The maximum atomic E-state index is 5.72. The Morgan fingerprint density at radius 3 is 2.67 bits per heavy atom. The first kappa shape index (κ1) is 15.2. The van der Waals surface area contributed by atoms with Crippen molar-refractivity contribution in [2.24, 2.45) is 5.84 Å². The molecule has 3 N–H and O–H groups in total. The Labute approximate surface area is 124 Å². The van der Waals surface area contributed by atoms with E-state index in [0.717, 1.165) is 11.1 Å². The molecule has 0 aromatic carbocycles. The topological polar surface area (TPSA) is 82.3 Å². The SMILES string of the molecule is COc1cnccc1C(NN)c1cncc(OC(C)C)c1. The minimum Gasteiger partial charge on any atom is -0.495 e. The maximum Gasteiger partial charge on any atom is 0.142 e. The number of pyridine rings is 2. The Morgan fingerprint density at radius 2 is 2.00 bits per heavy atom. The van der Waals surface area contributed by atoms with Crippen LogP contribution in [0, 0.1) is 0 Å². The number of nitrogens with two attached hydrogens (primary N) is 1. The summed E-state index contributed by atoms with van der Waals surface area (Å²) in [7, 11) is 1.60. The van der Waals surface area contributed by atoms with Crippen LogP contribution in [0.5, 0.6) is 11.5 Å². The van der Waals surface area contributed by atoms with Gasteiger partial charge < -0.3 is 9.47 Å². The number of hydrogen-bond donors (Lipinski definition) is 2. The fourth-order valence-corrected chi connectivity index (χ4v) is 2.10. The molecule has 21 heavy (non-hydrogen) atoms. The zero-order chi connectivity index (χ0) is 15.2. The molecule has 0 aliphatic rings. The Morgan fingerprint density at radius 1 is 1.19 bits per heavy atom. The van der Waals surface area contributed by atoms with Crippen molar-refractivity contribution in [2.75, 3.05) is 7.11 Å². The molecule has 2 rings (SSSR count). The van der Waals surface area contributed by atoms with E-state index in [1.807, 2.05) is 26.0 Å². The number of methoxy groups -OCH3 is 1. The first-order valence-electron chi connectivity index (χ1n) is 6.71. The van der Waals surface area contributed by atoms with E-state index in [2.05, 4.69) is 15.4 Å². The average molecular weight is 288 g/mol. The van der Waals surface area contributed by atoms with Crippen LogP contribution in [-0.2, 0) is 0 Å². The molecule has 112 valence electrons. The Balaban J connectivity index is 2.37. The van der Waals surface area contributed by atoms with Gasteiger partial charge in [0.25, 0.3) is 0 Å². The van der Waals surface area contributed by atoms with Gasteiger partial charge in [0.2, 0.25) is 0 Å². The maximum absolute atomic E-state index is 5.72. The van der Waals surface area contributed by atoms with Gasteiger partial charge in [0.05, 0.1) is 31.6 Å². The molecular formula is C15H20N4O2. The zero-order valence-electron chi connectivity index (χ0n) is 12.4. The smallest absolute Gasteiger partial charge is 0.142 e. The molecule has 2 aromatic heterocycles. The Hall–Kier alpha value is -2.18. The monoisotopic (exact) mass is 288 g/mol. The second-order valence-electron chi connectivity index (χ2n) is 4.84. The first-order chi connectivity index (χ1) is 10.2. The fraction of sp³-hybridized carbons (Fsp3) is 0.333. The summed E-state index contributed by atoms with van der Waals surface area (Å²) in [5.41, 5.74) is 4.56. The van der Waals surface area contributed by atoms with Crippen LogP contribution in [0.4, 0.5) is 0 Å². The van der Waals surface area contributed by atoms with E-state index >= 15 is 0 Å². The molecule has 0 amide bonds. The number of rotatable bonds is 6. The van der Waals surface area contributed by atoms with Crippen molar-refractivity contribution in [1.82, 2.24) is 15.4 Å². The van der Waals surface area contributed by atoms with Crippen LogP contribution in [-0.4, -0.2) is 23.2 Å². The lowest BCUT2D eigenvalue weighted by molar-refractivity contribution is 0.241. The molecule has 1 unspecified atom stereocenters. The first-order valence-corrected chi connectivity index (χ1v) is 6.71. The highest BCUT2D eigenvalue weighted by Gasteiger charge is 2.18. The minimum absolute atomic E-state index is 0.0850. The standard InChI is InChI=1S/C15H20N4O2/c1-10(2)21-12-6-11(7-18-8-12)15(19-16)13-4-5-17-9-14(13)20-3/h4-10,15,19H,16H2,1-3H3. The predicted molar refractivity (Wildman–Crippen MR) is 80.0 cm³/mol. The number of ether oxygens (including phenoxy) is 2. The molecular weight excluding hydrogens is 268 g/mol. The van der Waals surface area contributed by atoms with E-state index in [1.54, 1.807) is 31.9 Å². The van der Waals surface area contributed by atoms with Gasteiger partial charge in [-0.15, -0.1) is 0 Å². The van der Waals surface area contributed by atoms with Gasteiger partial charge in [-0.05, 0) is 31.5 Å². The molecule has 0 saturated carbocycles. The summed E-state index contributed by atoms with van der Waals surface area (Å²) < 4.78 is 11.0. The van der Waals surface area contributed by atoms with E-state index in [0.29, 0.717) is 11.5 Å². The lowest BCUT2D eigenvalue weighted by Crippen LogP contribution is -2.29. The predicted octanol–water partition coefficient (Wildman–Crippen LogP) is 1.83. The number of nitrogens with one attached hydrogen (secondary N) is 1. The van der Waals surface area contributed by atoms with Crippen molar-refractivity contribution < 1.29 is 9.47 Å². The van der Waals surface area contributed by atoms with Crippen LogP contribution in [0.15, 0.2) is 36.9 Å².